The van der Waals surface area contributed by atoms with E-state index in [-0.39, 0.29) is 0 Å². The van der Waals surface area contributed by atoms with Crippen LogP contribution >= 0.6 is 0 Å². The Labute approximate surface area is 114 Å². The van der Waals surface area contributed by atoms with Crippen molar-refractivity contribution in [1.29, 1.82) is 0 Å². The van der Waals surface area contributed by atoms with E-state index < -0.39 is 0 Å². The van der Waals surface area contributed by atoms with Gasteiger partial charge in [-0.25, -0.2) is 0 Å². The van der Waals surface area contributed by atoms with E-state index in [1.807, 2.05) is 36.4 Å². The summed E-state index contributed by atoms with van der Waals surface area (Å²) in [5.41, 5.74) is 2.28. The first kappa shape index (κ1) is 13.3. The third-order valence-electron chi connectivity index (χ3n) is 3.09. The quantitative estimate of drug-likeness (QED) is 0.820. The van der Waals surface area contributed by atoms with Crippen LogP contribution in [-0.2, 0) is 6.54 Å². The number of hydrogen-bond acceptors (Lipinski definition) is 3. The third-order valence-corrected chi connectivity index (χ3v) is 3.09. The summed E-state index contributed by atoms with van der Waals surface area (Å²) >= 11 is 0. The molecular formula is C16H19NO2. The maximum Gasteiger partial charge on any atom is 0.124 e. The van der Waals surface area contributed by atoms with Crippen LogP contribution in [0.25, 0.3) is 0 Å². The van der Waals surface area contributed by atoms with Crippen molar-refractivity contribution in [2.45, 2.75) is 6.54 Å². The molecule has 0 aliphatic heterocycles. The molecule has 0 aromatic heterocycles. The maximum absolute atomic E-state index is 5.40. The van der Waals surface area contributed by atoms with Crippen molar-refractivity contribution in [3.8, 4) is 11.5 Å². The molecule has 0 aliphatic rings. The van der Waals surface area contributed by atoms with Gasteiger partial charge in [-0.05, 0) is 30.3 Å². The first-order valence-electron chi connectivity index (χ1n) is 6.21. The minimum absolute atomic E-state index is 0.768. The number of para-hydroxylation sites is 1. The number of hydrogen-bond donors (Lipinski definition) is 0. The topological polar surface area (TPSA) is 21.7 Å². The lowest BCUT2D eigenvalue weighted by molar-refractivity contribution is 0.398. The van der Waals surface area contributed by atoms with Gasteiger partial charge in [-0.3, -0.25) is 0 Å². The molecule has 0 spiro atoms. The zero-order valence-electron chi connectivity index (χ0n) is 11.6. The fraction of sp³-hybridized carbons (Fsp3) is 0.250. The van der Waals surface area contributed by atoms with Crippen molar-refractivity contribution in [1.82, 2.24) is 0 Å². The lowest BCUT2D eigenvalue weighted by Gasteiger charge is -2.21. The van der Waals surface area contributed by atoms with Gasteiger partial charge in [0.05, 0.1) is 14.2 Å². The minimum Gasteiger partial charge on any atom is -0.497 e. The highest BCUT2D eigenvalue weighted by Crippen LogP contribution is 2.26. The molecule has 2 rings (SSSR count). The maximum atomic E-state index is 5.40. The number of benzene rings is 2. The zero-order valence-corrected chi connectivity index (χ0v) is 11.6. The van der Waals surface area contributed by atoms with Crippen LogP contribution in [0.5, 0.6) is 11.5 Å². The van der Waals surface area contributed by atoms with Gasteiger partial charge in [0, 0.05) is 24.8 Å². The average Bonchev–Trinajstić information content (AvgIpc) is 2.48. The van der Waals surface area contributed by atoms with E-state index in [0.717, 1.165) is 23.6 Å². The smallest absolute Gasteiger partial charge is 0.124 e. The summed E-state index contributed by atoms with van der Waals surface area (Å²) in [7, 11) is 5.43. The largest absolute Gasteiger partial charge is 0.497 e. The molecule has 0 heterocycles. The molecule has 19 heavy (non-hydrogen) atoms. The second-order valence-electron chi connectivity index (χ2n) is 4.37. The van der Waals surface area contributed by atoms with Gasteiger partial charge in [0.1, 0.15) is 11.5 Å². The molecule has 2 aromatic rings. The Morgan fingerprint density at radius 2 is 1.68 bits per heavy atom. The molecule has 0 radical (unpaired) electrons. The number of methoxy groups -OCH3 is 2. The van der Waals surface area contributed by atoms with Crippen molar-refractivity contribution in [3.63, 3.8) is 0 Å². The monoisotopic (exact) mass is 257 g/mol. The SMILES string of the molecule is COc1ccc(OC)c(CN(C)c2ccccc2)c1. The lowest BCUT2D eigenvalue weighted by atomic mass is 10.1. The van der Waals surface area contributed by atoms with Crippen LogP contribution in [0.4, 0.5) is 5.69 Å². The van der Waals surface area contributed by atoms with E-state index in [1.165, 1.54) is 5.69 Å². The molecule has 100 valence electrons. The second-order valence-corrected chi connectivity index (χ2v) is 4.37. The highest BCUT2D eigenvalue weighted by atomic mass is 16.5. The molecule has 0 saturated heterocycles. The van der Waals surface area contributed by atoms with Gasteiger partial charge in [0.25, 0.3) is 0 Å². The molecule has 0 fully saturated rings. The Kier molecular flexibility index (Phi) is 4.29. The molecule has 0 bridgehead atoms. The predicted octanol–water partition coefficient (Wildman–Crippen LogP) is 3.34. The third kappa shape index (κ3) is 3.19. The molecule has 3 heteroatoms. The summed E-state index contributed by atoms with van der Waals surface area (Å²) < 4.78 is 10.7. The van der Waals surface area contributed by atoms with E-state index in [4.69, 9.17) is 9.47 Å². The van der Waals surface area contributed by atoms with E-state index >= 15 is 0 Å². The molecule has 0 aliphatic carbocycles. The minimum atomic E-state index is 0.768. The first-order chi connectivity index (χ1) is 9.24. The van der Waals surface area contributed by atoms with Crippen LogP contribution in [0.3, 0.4) is 0 Å². The molecule has 0 N–H and O–H groups in total. The van der Waals surface area contributed by atoms with Crippen LogP contribution < -0.4 is 14.4 Å². The molecule has 0 amide bonds. The second kappa shape index (κ2) is 6.14. The Balaban J connectivity index is 2.22. The van der Waals surface area contributed by atoms with Crippen molar-refractivity contribution in [2.75, 3.05) is 26.2 Å². The fourth-order valence-corrected chi connectivity index (χ4v) is 2.03. The van der Waals surface area contributed by atoms with Gasteiger partial charge >= 0.3 is 0 Å². The van der Waals surface area contributed by atoms with Gasteiger partial charge in [0.15, 0.2) is 0 Å². The van der Waals surface area contributed by atoms with E-state index in [1.54, 1.807) is 14.2 Å². The molecule has 2 aromatic carbocycles. The summed E-state index contributed by atoms with van der Waals surface area (Å²) in [6.07, 6.45) is 0. The normalized spacial score (nSPS) is 10.1. The standard InChI is InChI=1S/C16H19NO2/c1-17(14-7-5-4-6-8-14)12-13-11-15(18-2)9-10-16(13)19-3/h4-11H,12H2,1-3H3. The van der Waals surface area contributed by atoms with Crippen molar-refractivity contribution >= 4 is 5.69 Å². The van der Waals surface area contributed by atoms with Gasteiger partial charge < -0.3 is 14.4 Å². The first-order valence-corrected chi connectivity index (χ1v) is 6.21. The highest BCUT2D eigenvalue weighted by Gasteiger charge is 2.08. The highest BCUT2D eigenvalue weighted by molar-refractivity contribution is 5.48. The van der Waals surface area contributed by atoms with E-state index in [2.05, 4.69) is 24.1 Å². The van der Waals surface area contributed by atoms with Crippen LogP contribution in [-0.4, -0.2) is 21.3 Å². The molecule has 3 nitrogen and oxygen atoms in total. The Morgan fingerprint density at radius 1 is 0.947 bits per heavy atom. The number of ether oxygens (including phenoxy) is 2. The van der Waals surface area contributed by atoms with Crippen molar-refractivity contribution in [3.05, 3.63) is 54.1 Å². The molecule has 0 saturated carbocycles. The summed E-state index contributed by atoms with van der Waals surface area (Å²) in [6.45, 7) is 0.768. The van der Waals surface area contributed by atoms with Crippen LogP contribution in [0.1, 0.15) is 5.56 Å². The summed E-state index contributed by atoms with van der Waals surface area (Å²) in [5, 5.41) is 0. The van der Waals surface area contributed by atoms with Gasteiger partial charge in [-0.1, -0.05) is 18.2 Å². The van der Waals surface area contributed by atoms with Crippen molar-refractivity contribution in [2.24, 2.45) is 0 Å². The summed E-state index contributed by atoms with van der Waals surface area (Å²) in [6, 6.07) is 16.1. The average molecular weight is 257 g/mol. The summed E-state index contributed by atoms with van der Waals surface area (Å²) in [4.78, 5) is 2.18. The Morgan fingerprint density at radius 3 is 2.32 bits per heavy atom. The number of nitrogens with zero attached hydrogens (tertiary/aromatic N) is 1. The fourth-order valence-electron chi connectivity index (χ4n) is 2.03. The van der Waals surface area contributed by atoms with Crippen LogP contribution in [0, 0.1) is 0 Å². The van der Waals surface area contributed by atoms with E-state index in [9.17, 15) is 0 Å². The molecule has 0 unspecified atom stereocenters. The van der Waals surface area contributed by atoms with E-state index in [0.29, 0.717) is 0 Å². The number of rotatable bonds is 5. The zero-order chi connectivity index (χ0) is 13.7. The van der Waals surface area contributed by atoms with Gasteiger partial charge in [-0.15, -0.1) is 0 Å². The van der Waals surface area contributed by atoms with Gasteiger partial charge in [0.2, 0.25) is 0 Å². The van der Waals surface area contributed by atoms with Crippen molar-refractivity contribution < 1.29 is 9.47 Å². The molecular weight excluding hydrogens is 238 g/mol. The predicted molar refractivity (Wildman–Crippen MR) is 78.1 cm³/mol. The van der Waals surface area contributed by atoms with Crippen LogP contribution in [0.2, 0.25) is 0 Å². The van der Waals surface area contributed by atoms with Gasteiger partial charge in [-0.2, -0.15) is 0 Å². The lowest BCUT2D eigenvalue weighted by Crippen LogP contribution is -2.16. The van der Waals surface area contributed by atoms with Crippen LogP contribution in [0.15, 0.2) is 48.5 Å². The number of anilines is 1. The molecule has 0 atom stereocenters. The Hall–Kier alpha value is -2.16. The Bertz CT molecular complexity index is 526. The summed E-state index contributed by atoms with van der Waals surface area (Å²) in [5.74, 6) is 1.72.